The van der Waals surface area contributed by atoms with Crippen molar-refractivity contribution in [3.8, 4) is 11.5 Å². The number of aryl methyl sites for hydroxylation is 1. The van der Waals surface area contributed by atoms with Gasteiger partial charge in [0, 0.05) is 13.1 Å². The van der Waals surface area contributed by atoms with Crippen LogP contribution in [0.25, 0.3) is 0 Å². The lowest BCUT2D eigenvalue weighted by molar-refractivity contribution is 0.354. The minimum Gasteiger partial charge on any atom is -0.493 e. The highest BCUT2D eigenvalue weighted by Crippen LogP contribution is 2.27. The van der Waals surface area contributed by atoms with Crippen LogP contribution in [-0.4, -0.2) is 14.2 Å². The lowest BCUT2D eigenvalue weighted by Crippen LogP contribution is -2.14. The van der Waals surface area contributed by atoms with E-state index in [2.05, 4.69) is 42.6 Å². The fourth-order valence-corrected chi connectivity index (χ4v) is 2.41. The lowest BCUT2D eigenvalue weighted by atomic mass is 10.1. The van der Waals surface area contributed by atoms with Gasteiger partial charge in [0.15, 0.2) is 11.5 Å². The molecule has 0 aliphatic carbocycles. The van der Waals surface area contributed by atoms with Crippen LogP contribution in [0.4, 0.5) is 0 Å². The van der Waals surface area contributed by atoms with Crippen LogP contribution in [0, 0.1) is 0 Å². The number of hydrogen-bond donors (Lipinski definition) is 1. The van der Waals surface area contributed by atoms with E-state index in [0.717, 1.165) is 31.0 Å². The van der Waals surface area contributed by atoms with Crippen molar-refractivity contribution in [3.05, 3.63) is 59.2 Å². The van der Waals surface area contributed by atoms with Crippen LogP contribution >= 0.6 is 0 Å². The molecule has 0 aliphatic rings. The Kier molecular flexibility index (Phi) is 5.64. The van der Waals surface area contributed by atoms with E-state index in [-0.39, 0.29) is 0 Å². The van der Waals surface area contributed by atoms with Crippen molar-refractivity contribution < 1.29 is 9.47 Å². The highest BCUT2D eigenvalue weighted by molar-refractivity contribution is 5.42. The SMILES string of the molecule is CCc1ccccc1CNCc1ccc(OC)c(OC)c1. The van der Waals surface area contributed by atoms with Crippen LogP contribution in [0.5, 0.6) is 11.5 Å². The Bertz CT molecular complexity index is 581. The van der Waals surface area contributed by atoms with Gasteiger partial charge in [-0.05, 0) is 35.2 Å². The summed E-state index contributed by atoms with van der Waals surface area (Å²) in [6.45, 7) is 3.87. The van der Waals surface area contributed by atoms with Gasteiger partial charge < -0.3 is 14.8 Å². The maximum absolute atomic E-state index is 5.33. The molecular weight excluding hydrogens is 262 g/mol. The molecule has 3 nitrogen and oxygen atoms in total. The molecule has 0 saturated carbocycles. The second-order valence-electron chi connectivity index (χ2n) is 4.92. The fourth-order valence-electron chi connectivity index (χ4n) is 2.41. The largest absolute Gasteiger partial charge is 0.493 e. The fraction of sp³-hybridized carbons (Fsp3) is 0.333. The molecule has 0 fully saturated rings. The van der Waals surface area contributed by atoms with Gasteiger partial charge in [0.2, 0.25) is 0 Å². The molecule has 0 aliphatic heterocycles. The summed E-state index contributed by atoms with van der Waals surface area (Å²) < 4.78 is 10.6. The second kappa shape index (κ2) is 7.70. The van der Waals surface area contributed by atoms with Gasteiger partial charge in [-0.1, -0.05) is 37.3 Å². The van der Waals surface area contributed by atoms with Crippen molar-refractivity contribution in [2.75, 3.05) is 14.2 Å². The molecular formula is C18H23NO2. The summed E-state index contributed by atoms with van der Waals surface area (Å²) in [5.41, 5.74) is 3.94. The summed E-state index contributed by atoms with van der Waals surface area (Å²) in [6, 6.07) is 14.6. The highest BCUT2D eigenvalue weighted by Gasteiger charge is 2.05. The number of ether oxygens (including phenoxy) is 2. The third-order valence-electron chi connectivity index (χ3n) is 3.59. The predicted molar refractivity (Wildman–Crippen MR) is 85.9 cm³/mol. The van der Waals surface area contributed by atoms with E-state index in [1.807, 2.05) is 12.1 Å². The van der Waals surface area contributed by atoms with Crippen LogP contribution in [0.1, 0.15) is 23.6 Å². The quantitative estimate of drug-likeness (QED) is 0.844. The number of rotatable bonds is 7. The molecule has 0 unspecified atom stereocenters. The Hall–Kier alpha value is -2.00. The normalized spacial score (nSPS) is 10.4. The van der Waals surface area contributed by atoms with Gasteiger partial charge in [-0.25, -0.2) is 0 Å². The first-order chi connectivity index (χ1) is 10.3. The Morgan fingerprint density at radius 1 is 0.857 bits per heavy atom. The molecule has 21 heavy (non-hydrogen) atoms. The topological polar surface area (TPSA) is 30.5 Å². The summed E-state index contributed by atoms with van der Waals surface area (Å²) in [5.74, 6) is 1.53. The monoisotopic (exact) mass is 285 g/mol. The van der Waals surface area contributed by atoms with E-state index < -0.39 is 0 Å². The molecule has 0 spiro atoms. The summed E-state index contributed by atoms with van der Waals surface area (Å²) in [4.78, 5) is 0. The van der Waals surface area contributed by atoms with Crippen molar-refractivity contribution in [1.29, 1.82) is 0 Å². The van der Waals surface area contributed by atoms with Crippen molar-refractivity contribution in [2.24, 2.45) is 0 Å². The van der Waals surface area contributed by atoms with Gasteiger partial charge in [-0.2, -0.15) is 0 Å². The smallest absolute Gasteiger partial charge is 0.161 e. The van der Waals surface area contributed by atoms with E-state index in [0.29, 0.717) is 0 Å². The zero-order chi connectivity index (χ0) is 15.1. The van der Waals surface area contributed by atoms with Gasteiger partial charge >= 0.3 is 0 Å². The zero-order valence-electron chi connectivity index (χ0n) is 13.0. The van der Waals surface area contributed by atoms with Crippen LogP contribution in [0.3, 0.4) is 0 Å². The molecule has 0 heterocycles. The van der Waals surface area contributed by atoms with Crippen LogP contribution in [-0.2, 0) is 19.5 Å². The van der Waals surface area contributed by atoms with E-state index >= 15 is 0 Å². The first-order valence-electron chi connectivity index (χ1n) is 7.27. The van der Waals surface area contributed by atoms with E-state index in [1.54, 1.807) is 14.2 Å². The Morgan fingerprint density at radius 3 is 2.24 bits per heavy atom. The van der Waals surface area contributed by atoms with Gasteiger partial charge in [-0.3, -0.25) is 0 Å². The van der Waals surface area contributed by atoms with Gasteiger partial charge in [0.05, 0.1) is 14.2 Å². The molecule has 0 atom stereocenters. The third-order valence-corrected chi connectivity index (χ3v) is 3.59. The summed E-state index contributed by atoms with van der Waals surface area (Å²) in [7, 11) is 3.31. The Labute approximate surface area is 126 Å². The second-order valence-corrected chi connectivity index (χ2v) is 4.92. The van der Waals surface area contributed by atoms with Crippen LogP contribution < -0.4 is 14.8 Å². The molecule has 0 saturated heterocycles. The predicted octanol–water partition coefficient (Wildman–Crippen LogP) is 3.56. The average molecular weight is 285 g/mol. The molecule has 2 aromatic rings. The standard InChI is InChI=1S/C18H23NO2/c1-4-15-7-5-6-8-16(15)13-19-12-14-9-10-17(20-2)18(11-14)21-3/h5-11,19H,4,12-13H2,1-3H3. The Morgan fingerprint density at radius 2 is 1.57 bits per heavy atom. The third kappa shape index (κ3) is 3.99. The summed E-state index contributed by atoms with van der Waals surface area (Å²) >= 11 is 0. The van der Waals surface area contributed by atoms with Gasteiger partial charge in [-0.15, -0.1) is 0 Å². The zero-order valence-corrected chi connectivity index (χ0v) is 13.0. The highest BCUT2D eigenvalue weighted by atomic mass is 16.5. The molecule has 0 amide bonds. The number of nitrogens with one attached hydrogen (secondary N) is 1. The van der Waals surface area contributed by atoms with Gasteiger partial charge in [0.25, 0.3) is 0 Å². The summed E-state index contributed by atoms with van der Waals surface area (Å²) in [5, 5.41) is 3.49. The minimum atomic E-state index is 0.762. The molecule has 112 valence electrons. The lowest BCUT2D eigenvalue weighted by Gasteiger charge is -2.11. The van der Waals surface area contributed by atoms with E-state index in [9.17, 15) is 0 Å². The summed E-state index contributed by atoms with van der Waals surface area (Å²) in [6.07, 6.45) is 1.06. The average Bonchev–Trinajstić information content (AvgIpc) is 2.55. The number of methoxy groups -OCH3 is 2. The van der Waals surface area contributed by atoms with Crippen LogP contribution in [0.2, 0.25) is 0 Å². The number of benzene rings is 2. The molecule has 0 bridgehead atoms. The first-order valence-corrected chi connectivity index (χ1v) is 7.27. The Balaban J connectivity index is 1.97. The van der Waals surface area contributed by atoms with Crippen molar-refractivity contribution in [2.45, 2.75) is 26.4 Å². The minimum absolute atomic E-state index is 0.762. The number of hydrogen-bond acceptors (Lipinski definition) is 3. The molecule has 2 rings (SSSR count). The van der Waals surface area contributed by atoms with Crippen molar-refractivity contribution in [1.82, 2.24) is 5.32 Å². The molecule has 1 N–H and O–H groups in total. The van der Waals surface area contributed by atoms with Crippen molar-refractivity contribution >= 4 is 0 Å². The maximum Gasteiger partial charge on any atom is 0.161 e. The van der Waals surface area contributed by atoms with E-state index in [4.69, 9.17) is 9.47 Å². The van der Waals surface area contributed by atoms with Crippen molar-refractivity contribution in [3.63, 3.8) is 0 Å². The molecule has 2 aromatic carbocycles. The van der Waals surface area contributed by atoms with E-state index in [1.165, 1.54) is 16.7 Å². The first kappa shape index (κ1) is 15.4. The molecule has 0 radical (unpaired) electrons. The molecule has 3 heteroatoms. The van der Waals surface area contributed by atoms with Gasteiger partial charge in [0.1, 0.15) is 0 Å². The molecule has 0 aromatic heterocycles. The van der Waals surface area contributed by atoms with Crippen LogP contribution in [0.15, 0.2) is 42.5 Å². The maximum atomic E-state index is 5.33.